The van der Waals surface area contributed by atoms with Crippen molar-refractivity contribution in [3.8, 4) is 0 Å². The minimum Gasteiger partial charge on any atom is -0.481 e. The third kappa shape index (κ3) is 5.11. The quantitative estimate of drug-likeness (QED) is 0.762. The van der Waals surface area contributed by atoms with Crippen molar-refractivity contribution in [2.75, 3.05) is 19.6 Å². The number of hydrogen-bond donors (Lipinski definition) is 1. The van der Waals surface area contributed by atoms with Crippen LogP contribution in [0.3, 0.4) is 0 Å². The zero-order valence-electron chi connectivity index (χ0n) is 8.03. The molecule has 1 unspecified atom stereocenters. The summed E-state index contributed by atoms with van der Waals surface area (Å²) >= 11 is 0. The fraction of sp³-hybridized carbons (Fsp3) is 0.889. The molecule has 1 fully saturated rings. The van der Waals surface area contributed by atoms with Crippen molar-refractivity contribution in [3.63, 3.8) is 0 Å². The van der Waals surface area contributed by atoms with Gasteiger partial charge in [-0.3, -0.25) is 4.79 Å². The zero-order valence-corrected chi connectivity index (χ0v) is 8.85. The average molecular weight is 208 g/mol. The zero-order chi connectivity index (χ0) is 8.97. The predicted octanol–water partition coefficient (Wildman–Crippen LogP) is 1.61. The third-order valence-electron chi connectivity index (χ3n) is 2.29. The molecule has 0 saturated carbocycles. The normalized spacial score (nSPS) is 19.5. The summed E-state index contributed by atoms with van der Waals surface area (Å²) in [5, 5.41) is 8.54. The number of rotatable bonds is 4. The second kappa shape index (κ2) is 6.22. The number of carbonyl (C=O) groups is 1. The van der Waals surface area contributed by atoms with Crippen LogP contribution in [0.2, 0.25) is 0 Å². The van der Waals surface area contributed by atoms with Gasteiger partial charge in [-0.15, -0.1) is 12.4 Å². The van der Waals surface area contributed by atoms with E-state index in [0.29, 0.717) is 12.3 Å². The second-order valence-electron chi connectivity index (χ2n) is 3.71. The highest BCUT2D eigenvalue weighted by Gasteiger charge is 2.15. The van der Waals surface area contributed by atoms with Gasteiger partial charge in [0, 0.05) is 13.0 Å². The van der Waals surface area contributed by atoms with Crippen molar-refractivity contribution in [2.24, 2.45) is 5.92 Å². The van der Waals surface area contributed by atoms with E-state index in [2.05, 4.69) is 4.90 Å². The first-order valence-corrected chi connectivity index (χ1v) is 4.62. The number of likely N-dealkylation sites (tertiary alicyclic amines) is 1. The molecule has 0 aliphatic carbocycles. The van der Waals surface area contributed by atoms with E-state index in [0.717, 1.165) is 19.6 Å². The largest absolute Gasteiger partial charge is 0.481 e. The topological polar surface area (TPSA) is 40.5 Å². The molecule has 1 aliphatic heterocycles. The van der Waals surface area contributed by atoms with E-state index < -0.39 is 5.97 Å². The average Bonchev–Trinajstić information content (AvgIpc) is 2.37. The molecule has 1 atom stereocenters. The summed E-state index contributed by atoms with van der Waals surface area (Å²) in [6, 6.07) is 0. The van der Waals surface area contributed by atoms with Crippen molar-refractivity contribution in [3.05, 3.63) is 0 Å². The van der Waals surface area contributed by atoms with Crippen LogP contribution in [0.4, 0.5) is 0 Å². The molecule has 3 nitrogen and oxygen atoms in total. The summed E-state index contributed by atoms with van der Waals surface area (Å²) in [6.45, 7) is 5.27. The summed E-state index contributed by atoms with van der Waals surface area (Å²) in [5.41, 5.74) is 0. The van der Waals surface area contributed by atoms with Crippen LogP contribution in [-0.2, 0) is 4.79 Å². The first-order chi connectivity index (χ1) is 5.68. The van der Waals surface area contributed by atoms with Crippen molar-refractivity contribution in [1.29, 1.82) is 0 Å². The molecular formula is C9H18ClNO2. The van der Waals surface area contributed by atoms with Gasteiger partial charge in [-0.1, -0.05) is 6.92 Å². The maximum Gasteiger partial charge on any atom is 0.303 e. The third-order valence-corrected chi connectivity index (χ3v) is 2.29. The Balaban J connectivity index is 0.00000144. The van der Waals surface area contributed by atoms with Gasteiger partial charge in [0.2, 0.25) is 0 Å². The molecule has 0 radical (unpaired) electrons. The summed E-state index contributed by atoms with van der Waals surface area (Å²) in [5.74, 6) is -0.387. The fourth-order valence-electron chi connectivity index (χ4n) is 1.77. The standard InChI is InChI=1S/C9H17NO2.ClH/c1-8(6-9(11)12)7-10-4-2-3-5-10;/h8H,2-7H2,1H3,(H,11,12);1H. The lowest BCUT2D eigenvalue weighted by Crippen LogP contribution is -2.26. The Morgan fingerprint density at radius 3 is 2.46 bits per heavy atom. The number of aliphatic carboxylic acids is 1. The van der Waals surface area contributed by atoms with Gasteiger partial charge in [0.1, 0.15) is 0 Å². The van der Waals surface area contributed by atoms with Crippen LogP contribution in [0, 0.1) is 5.92 Å². The molecular weight excluding hydrogens is 190 g/mol. The van der Waals surface area contributed by atoms with E-state index >= 15 is 0 Å². The summed E-state index contributed by atoms with van der Waals surface area (Å²) in [6.07, 6.45) is 2.86. The minimum absolute atomic E-state index is 0. The number of halogens is 1. The second-order valence-corrected chi connectivity index (χ2v) is 3.71. The summed E-state index contributed by atoms with van der Waals surface area (Å²) in [4.78, 5) is 12.7. The SMILES string of the molecule is CC(CC(=O)O)CN1CCCC1.Cl. The number of nitrogens with zero attached hydrogens (tertiary/aromatic N) is 1. The van der Waals surface area contributed by atoms with Crippen LogP contribution >= 0.6 is 12.4 Å². The Morgan fingerprint density at radius 2 is 2.00 bits per heavy atom. The lowest BCUT2D eigenvalue weighted by molar-refractivity contribution is -0.138. The van der Waals surface area contributed by atoms with Crippen LogP contribution in [0.5, 0.6) is 0 Å². The molecule has 0 aromatic carbocycles. The molecule has 1 aliphatic rings. The highest BCUT2D eigenvalue weighted by molar-refractivity contribution is 5.85. The summed E-state index contributed by atoms with van der Waals surface area (Å²) < 4.78 is 0. The van der Waals surface area contributed by atoms with Crippen LogP contribution in [-0.4, -0.2) is 35.6 Å². The first kappa shape index (κ1) is 12.7. The summed E-state index contributed by atoms with van der Waals surface area (Å²) in [7, 11) is 0. The van der Waals surface area contributed by atoms with E-state index in [4.69, 9.17) is 5.11 Å². The van der Waals surface area contributed by atoms with E-state index in [1.165, 1.54) is 12.8 Å². The fourth-order valence-corrected chi connectivity index (χ4v) is 1.77. The van der Waals surface area contributed by atoms with Crippen molar-refractivity contribution in [2.45, 2.75) is 26.2 Å². The number of hydrogen-bond acceptors (Lipinski definition) is 2. The van der Waals surface area contributed by atoms with Gasteiger partial charge >= 0.3 is 5.97 Å². The van der Waals surface area contributed by atoms with Crippen LogP contribution in [0.15, 0.2) is 0 Å². The molecule has 0 aromatic heterocycles. The minimum atomic E-state index is -0.679. The lowest BCUT2D eigenvalue weighted by Gasteiger charge is -2.18. The Hall–Kier alpha value is -0.280. The molecule has 0 spiro atoms. The predicted molar refractivity (Wildman–Crippen MR) is 54.3 cm³/mol. The van der Waals surface area contributed by atoms with Crippen molar-refractivity contribution < 1.29 is 9.90 Å². The maximum atomic E-state index is 10.4. The lowest BCUT2D eigenvalue weighted by atomic mass is 10.1. The van der Waals surface area contributed by atoms with Crippen molar-refractivity contribution in [1.82, 2.24) is 4.90 Å². The van der Waals surface area contributed by atoms with E-state index in [-0.39, 0.29) is 12.4 Å². The number of carboxylic acid groups (broad SMARTS) is 1. The van der Waals surface area contributed by atoms with Gasteiger partial charge in [0.15, 0.2) is 0 Å². The maximum absolute atomic E-state index is 10.4. The number of carboxylic acids is 1. The Morgan fingerprint density at radius 1 is 1.46 bits per heavy atom. The van der Waals surface area contributed by atoms with Gasteiger partial charge in [-0.05, 0) is 31.8 Å². The molecule has 1 saturated heterocycles. The van der Waals surface area contributed by atoms with E-state index in [9.17, 15) is 4.79 Å². The Bertz CT molecular complexity index is 158. The Labute approximate surface area is 85.5 Å². The molecule has 0 bridgehead atoms. The smallest absolute Gasteiger partial charge is 0.303 e. The van der Waals surface area contributed by atoms with E-state index in [1.54, 1.807) is 0 Å². The molecule has 0 amide bonds. The highest BCUT2D eigenvalue weighted by Crippen LogP contribution is 2.11. The van der Waals surface area contributed by atoms with Crippen molar-refractivity contribution >= 4 is 18.4 Å². The van der Waals surface area contributed by atoms with Gasteiger partial charge in [-0.25, -0.2) is 0 Å². The molecule has 1 rings (SSSR count). The van der Waals surface area contributed by atoms with E-state index in [1.807, 2.05) is 6.92 Å². The van der Waals surface area contributed by atoms with Crippen LogP contribution < -0.4 is 0 Å². The first-order valence-electron chi connectivity index (χ1n) is 4.62. The molecule has 4 heteroatoms. The monoisotopic (exact) mass is 207 g/mol. The van der Waals surface area contributed by atoms with Gasteiger partial charge in [-0.2, -0.15) is 0 Å². The van der Waals surface area contributed by atoms with Gasteiger partial charge < -0.3 is 10.0 Å². The molecule has 78 valence electrons. The Kier molecular flexibility index (Phi) is 6.08. The molecule has 1 N–H and O–H groups in total. The highest BCUT2D eigenvalue weighted by atomic mass is 35.5. The van der Waals surface area contributed by atoms with Crippen LogP contribution in [0.25, 0.3) is 0 Å². The molecule has 1 heterocycles. The van der Waals surface area contributed by atoms with Gasteiger partial charge in [0.25, 0.3) is 0 Å². The van der Waals surface area contributed by atoms with Crippen LogP contribution in [0.1, 0.15) is 26.2 Å². The molecule has 13 heavy (non-hydrogen) atoms. The molecule has 0 aromatic rings. The van der Waals surface area contributed by atoms with Gasteiger partial charge in [0.05, 0.1) is 0 Å².